The van der Waals surface area contributed by atoms with Gasteiger partial charge in [-0.2, -0.15) is 0 Å². The number of imidazole rings is 1. The van der Waals surface area contributed by atoms with Crippen LogP contribution >= 0.6 is 11.6 Å². The summed E-state index contributed by atoms with van der Waals surface area (Å²) in [7, 11) is 1.56. The smallest absolute Gasteiger partial charge is 0.335 e. The summed E-state index contributed by atoms with van der Waals surface area (Å²) in [6.07, 6.45) is -0.352. The van der Waals surface area contributed by atoms with E-state index in [0.29, 0.717) is 16.9 Å². The molecule has 7 nitrogen and oxygen atoms in total. The minimum absolute atomic E-state index is 0.0548. The van der Waals surface area contributed by atoms with Gasteiger partial charge in [0.05, 0.1) is 34.4 Å². The first-order chi connectivity index (χ1) is 20.5. The fraction of sp³-hybridized carbons (Fsp3) is 0.219. The molecule has 0 aliphatic heterocycles. The van der Waals surface area contributed by atoms with E-state index in [1.165, 1.54) is 42.5 Å². The molecular formula is C32H27ClF3N3O4. The largest absolute Gasteiger partial charge is 0.478 e. The highest BCUT2D eigenvalue weighted by Crippen LogP contribution is 2.30. The van der Waals surface area contributed by atoms with Crippen LogP contribution in [-0.2, 0) is 17.8 Å². The third-order valence-corrected chi connectivity index (χ3v) is 7.58. The Hall–Kier alpha value is -4.41. The van der Waals surface area contributed by atoms with Crippen molar-refractivity contribution in [3.05, 3.63) is 112 Å². The molecule has 0 bridgehead atoms. The van der Waals surface area contributed by atoms with Gasteiger partial charge in [0.25, 0.3) is 0 Å². The Morgan fingerprint density at radius 3 is 2.44 bits per heavy atom. The van der Waals surface area contributed by atoms with Gasteiger partial charge in [0.2, 0.25) is 5.88 Å². The predicted molar refractivity (Wildman–Crippen MR) is 156 cm³/mol. The van der Waals surface area contributed by atoms with Gasteiger partial charge in [-0.1, -0.05) is 23.7 Å². The SMILES string of the molecule is CO[C@@H](C)[C@H](C)n1c(Cc2cc(F)c(-c3cccc(OCc4ccc(Cl)cc4F)n3)cc2F)nc2ccc(C(=O)O)cc21. The van der Waals surface area contributed by atoms with Gasteiger partial charge < -0.3 is 19.1 Å². The second-order valence-electron chi connectivity index (χ2n) is 10.1. The number of methoxy groups -OCH3 is 1. The number of hydrogen-bond acceptors (Lipinski definition) is 5. The number of halogens is 4. The topological polar surface area (TPSA) is 86.5 Å². The molecule has 2 atom stereocenters. The number of benzene rings is 3. The zero-order valence-electron chi connectivity index (χ0n) is 23.4. The van der Waals surface area contributed by atoms with Crippen LogP contribution in [0, 0.1) is 17.5 Å². The van der Waals surface area contributed by atoms with Crippen LogP contribution < -0.4 is 4.74 Å². The molecular weight excluding hydrogens is 583 g/mol. The van der Waals surface area contributed by atoms with Gasteiger partial charge in [-0.15, -0.1) is 0 Å². The molecule has 43 heavy (non-hydrogen) atoms. The Morgan fingerprint density at radius 2 is 1.72 bits per heavy atom. The Bertz CT molecular complexity index is 1830. The molecule has 0 radical (unpaired) electrons. The van der Waals surface area contributed by atoms with Crippen molar-refractivity contribution in [3.63, 3.8) is 0 Å². The van der Waals surface area contributed by atoms with Crippen molar-refractivity contribution in [2.75, 3.05) is 7.11 Å². The molecule has 3 aromatic carbocycles. The van der Waals surface area contributed by atoms with Gasteiger partial charge in [-0.25, -0.2) is 27.9 Å². The molecule has 2 aromatic heterocycles. The molecule has 0 saturated heterocycles. The number of ether oxygens (including phenoxy) is 2. The lowest BCUT2D eigenvalue weighted by molar-refractivity contribution is 0.0697. The van der Waals surface area contributed by atoms with Crippen LogP contribution in [0.5, 0.6) is 5.88 Å². The van der Waals surface area contributed by atoms with Crippen LogP contribution in [0.3, 0.4) is 0 Å². The standard InChI is InChI=1S/C32H27ClF3N3O4/c1-17(18(2)42-3)39-29-12-19(32(40)41)8-10-28(29)37-30(39)13-21-11-26(36)23(15-25(21)35)27-5-4-6-31(38-27)43-16-20-7-9-22(33)14-24(20)34/h4-12,14-15,17-18H,13,16H2,1-3H3,(H,40,41)/t17-,18-/m0/s1. The Balaban J connectivity index is 1.45. The van der Waals surface area contributed by atoms with Gasteiger partial charge in [0, 0.05) is 35.7 Å². The van der Waals surface area contributed by atoms with Crippen LogP contribution in [0.1, 0.15) is 47.2 Å². The number of rotatable bonds is 10. The normalized spacial score (nSPS) is 12.8. The summed E-state index contributed by atoms with van der Waals surface area (Å²) in [4.78, 5) is 20.5. The number of aromatic nitrogens is 3. The number of hydrogen-bond donors (Lipinski definition) is 1. The lowest BCUT2D eigenvalue weighted by atomic mass is 10.0. The first-order valence-corrected chi connectivity index (χ1v) is 13.7. The average Bonchev–Trinajstić information content (AvgIpc) is 3.34. The molecule has 222 valence electrons. The van der Waals surface area contributed by atoms with E-state index in [4.69, 9.17) is 21.1 Å². The van der Waals surface area contributed by atoms with Crippen molar-refractivity contribution in [1.29, 1.82) is 0 Å². The maximum absolute atomic E-state index is 15.5. The molecule has 0 spiro atoms. The van der Waals surface area contributed by atoms with Crippen molar-refractivity contribution in [3.8, 4) is 17.1 Å². The van der Waals surface area contributed by atoms with Crippen LogP contribution in [0.4, 0.5) is 13.2 Å². The number of carbonyl (C=O) groups is 1. The number of nitrogens with zero attached hydrogens (tertiary/aromatic N) is 3. The summed E-state index contributed by atoms with van der Waals surface area (Å²) >= 11 is 5.79. The number of carboxylic acid groups (broad SMARTS) is 1. The first kappa shape index (κ1) is 30.1. The number of fused-ring (bicyclic) bond motifs is 1. The minimum atomic E-state index is -1.09. The van der Waals surface area contributed by atoms with E-state index in [2.05, 4.69) is 9.97 Å². The molecule has 11 heteroatoms. The maximum atomic E-state index is 15.5. The molecule has 0 aliphatic rings. The molecule has 1 N–H and O–H groups in total. The third-order valence-electron chi connectivity index (χ3n) is 7.34. The molecule has 0 fully saturated rings. The predicted octanol–water partition coefficient (Wildman–Crippen LogP) is 7.63. The molecule has 2 heterocycles. The Kier molecular flexibility index (Phi) is 8.70. The average molecular weight is 610 g/mol. The van der Waals surface area contributed by atoms with Crippen molar-refractivity contribution in [2.45, 2.75) is 39.0 Å². The van der Waals surface area contributed by atoms with E-state index in [-0.39, 0.29) is 64.0 Å². The molecule has 5 rings (SSSR count). The third kappa shape index (κ3) is 6.35. The van der Waals surface area contributed by atoms with E-state index >= 15 is 8.78 Å². The second-order valence-corrected chi connectivity index (χ2v) is 10.5. The van der Waals surface area contributed by atoms with E-state index in [9.17, 15) is 14.3 Å². The summed E-state index contributed by atoms with van der Waals surface area (Å²) < 4.78 is 58.0. The van der Waals surface area contributed by atoms with Crippen LogP contribution in [0.2, 0.25) is 5.02 Å². The second kappa shape index (κ2) is 12.4. The highest BCUT2D eigenvalue weighted by atomic mass is 35.5. The van der Waals surface area contributed by atoms with Crippen molar-refractivity contribution < 1.29 is 32.5 Å². The fourth-order valence-corrected chi connectivity index (χ4v) is 4.95. The Labute approximate surface area is 250 Å². The summed E-state index contributed by atoms with van der Waals surface area (Å²) in [6.45, 7) is 3.60. The zero-order chi connectivity index (χ0) is 30.8. The maximum Gasteiger partial charge on any atom is 0.335 e. The van der Waals surface area contributed by atoms with Gasteiger partial charge in [0.1, 0.15) is 29.9 Å². The number of carboxylic acids is 1. The lowest BCUT2D eigenvalue weighted by Gasteiger charge is -2.23. The highest BCUT2D eigenvalue weighted by molar-refractivity contribution is 6.30. The molecule has 0 saturated carbocycles. The van der Waals surface area contributed by atoms with Crippen molar-refractivity contribution >= 4 is 28.6 Å². The van der Waals surface area contributed by atoms with Crippen molar-refractivity contribution in [2.24, 2.45) is 0 Å². The van der Waals surface area contributed by atoms with Crippen molar-refractivity contribution in [1.82, 2.24) is 14.5 Å². The Morgan fingerprint density at radius 1 is 0.953 bits per heavy atom. The van der Waals surface area contributed by atoms with Gasteiger partial charge in [-0.3, -0.25) is 0 Å². The van der Waals surface area contributed by atoms with Gasteiger partial charge in [0.15, 0.2) is 0 Å². The minimum Gasteiger partial charge on any atom is -0.478 e. The molecule has 0 unspecified atom stereocenters. The van der Waals surface area contributed by atoms with E-state index in [1.54, 1.807) is 23.8 Å². The van der Waals surface area contributed by atoms with E-state index in [0.717, 1.165) is 12.1 Å². The summed E-state index contributed by atoms with van der Waals surface area (Å²) in [6, 6.07) is 15.2. The molecule has 0 aliphatic carbocycles. The molecule has 5 aromatic rings. The van der Waals surface area contributed by atoms with Gasteiger partial charge >= 0.3 is 5.97 Å². The number of pyridine rings is 1. The first-order valence-electron chi connectivity index (χ1n) is 13.3. The molecule has 0 amide bonds. The van der Waals surface area contributed by atoms with Crippen LogP contribution in [0.15, 0.2) is 66.7 Å². The summed E-state index contributed by atoms with van der Waals surface area (Å²) in [5.41, 5.74) is 1.52. The lowest BCUT2D eigenvalue weighted by Crippen LogP contribution is -2.22. The van der Waals surface area contributed by atoms with E-state index < -0.39 is 23.4 Å². The fourth-order valence-electron chi connectivity index (χ4n) is 4.79. The van der Waals surface area contributed by atoms with Crippen LogP contribution in [-0.4, -0.2) is 38.8 Å². The zero-order valence-corrected chi connectivity index (χ0v) is 24.2. The quantitative estimate of drug-likeness (QED) is 0.175. The number of aromatic carboxylic acids is 1. The summed E-state index contributed by atoms with van der Waals surface area (Å²) in [5, 5.41) is 9.75. The summed E-state index contributed by atoms with van der Waals surface area (Å²) in [5.74, 6) is -2.49. The highest BCUT2D eigenvalue weighted by Gasteiger charge is 2.23. The van der Waals surface area contributed by atoms with Crippen LogP contribution in [0.25, 0.3) is 22.3 Å². The van der Waals surface area contributed by atoms with E-state index in [1.807, 2.05) is 13.8 Å². The monoisotopic (exact) mass is 609 g/mol. The van der Waals surface area contributed by atoms with Gasteiger partial charge in [-0.05, 0) is 67.9 Å².